The molecule has 0 aromatic heterocycles. The highest BCUT2D eigenvalue weighted by molar-refractivity contribution is 6.34. The van der Waals surface area contributed by atoms with Gasteiger partial charge in [0.25, 0.3) is 5.91 Å². The van der Waals surface area contributed by atoms with E-state index in [2.05, 4.69) is 5.32 Å². The minimum Gasteiger partial charge on any atom is -0.508 e. The normalized spacial score (nSPS) is 10.4. The standard InChI is InChI=1S/C14H10ClF2NO2/c1-7-4-9(19)2-3-10(7)14(20)18-13-11(15)5-8(16)6-12(13)17/h2-6,19H,1H3,(H,18,20). The molecule has 0 aliphatic carbocycles. The molecule has 0 aliphatic rings. The van der Waals surface area contributed by atoms with Crippen LogP contribution in [-0.4, -0.2) is 11.0 Å². The summed E-state index contributed by atoms with van der Waals surface area (Å²) in [6, 6.07) is 5.67. The van der Waals surface area contributed by atoms with Crippen LogP contribution < -0.4 is 5.32 Å². The van der Waals surface area contributed by atoms with Crippen molar-refractivity contribution in [2.75, 3.05) is 5.32 Å². The summed E-state index contributed by atoms with van der Waals surface area (Å²) in [4.78, 5) is 12.0. The van der Waals surface area contributed by atoms with Gasteiger partial charge >= 0.3 is 0 Å². The Morgan fingerprint density at radius 3 is 2.55 bits per heavy atom. The third-order valence-corrected chi connectivity index (χ3v) is 3.00. The number of hydrogen-bond acceptors (Lipinski definition) is 2. The SMILES string of the molecule is Cc1cc(O)ccc1C(=O)Nc1c(F)cc(F)cc1Cl. The van der Waals surface area contributed by atoms with Gasteiger partial charge in [-0.1, -0.05) is 11.6 Å². The highest BCUT2D eigenvalue weighted by Crippen LogP contribution is 2.27. The number of aryl methyl sites for hydroxylation is 1. The van der Waals surface area contributed by atoms with Gasteiger partial charge in [-0.15, -0.1) is 0 Å². The van der Waals surface area contributed by atoms with Crippen molar-refractivity contribution in [2.24, 2.45) is 0 Å². The van der Waals surface area contributed by atoms with Crippen LogP contribution in [0.2, 0.25) is 5.02 Å². The molecule has 20 heavy (non-hydrogen) atoms. The van der Waals surface area contributed by atoms with Crippen LogP contribution in [0, 0.1) is 18.6 Å². The van der Waals surface area contributed by atoms with Crippen molar-refractivity contribution in [1.29, 1.82) is 0 Å². The Kier molecular flexibility index (Phi) is 3.90. The van der Waals surface area contributed by atoms with Crippen LogP contribution >= 0.6 is 11.6 Å². The lowest BCUT2D eigenvalue weighted by Crippen LogP contribution is -2.14. The van der Waals surface area contributed by atoms with Crippen LogP contribution in [0.4, 0.5) is 14.5 Å². The second kappa shape index (κ2) is 5.46. The molecular weight excluding hydrogens is 288 g/mol. The number of halogens is 3. The quantitative estimate of drug-likeness (QED) is 0.883. The van der Waals surface area contributed by atoms with E-state index in [1.165, 1.54) is 18.2 Å². The highest BCUT2D eigenvalue weighted by Gasteiger charge is 2.15. The minimum atomic E-state index is -0.959. The number of phenols is 1. The van der Waals surface area contributed by atoms with E-state index in [0.29, 0.717) is 11.6 Å². The highest BCUT2D eigenvalue weighted by atomic mass is 35.5. The monoisotopic (exact) mass is 297 g/mol. The molecule has 6 heteroatoms. The summed E-state index contributed by atoms with van der Waals surface area (Å²) in [5.41, 5.74) is 0.481. The topological polar surface area (TPSA) is 49.3 Å². The smallest absolute Gasteiger partial charge is 0.256 e. The summed E-state index contributed by atoms with van der Waals surface area (Å²) in [5.74, 6) is -2.37. The van der Waals surface area contributed by atoms with E-state index >= 15 is 0 Å². The Balaban J connectivity index is 2.33. The Bertz CT molecular complexity index is 666. The maximum Gasteiger partial charge on any atom is 0.256 e. The van der Waals surface area contributed by atoms with Crippen molar-refractivity contribution in [2.45, 2.75) is 6.92 Å². The molecule has 2 aromatic rings. The molecule has 0 heterocycles. The van der Waals surface area contributed by atoms with Crippen LogP contribution in [0.5, 0.6) is 5.75 Å². The molecule has 1 amide bonds. The van der Waals surface area contributed by atoms with Crippen LogP contribution in [0.15, 0.2) is 30.3 Å². The van der Waals surface area contributed by atoms with Crippen molar-refractivity contribution < 1.29 is 18.7 Å². The molecule has 0 unspecified atom stereocenters. The number of nitrogens with one attached hydrogen (secondary N) is 1. The molecule has 0 saturated carbocycles. The number of phenolic OH excluding ortho intramolecular Hbond substituents is 1. The van der Waals surface area contributed by atoms with Crippen molar-refractivity contribution >= 4 is 23.2 Å². The molecular formula is C14H10ClF2NO2. The van der Waals surface area contributed by atoms with Gasteiger partial charge in [-0.25, -0.2) is 8.78 Å². The number of anilines is 1. The van der Waals surface area contributed by atoms with Gasteiger partial charge in [0.2, 0.25) is 0 Å². The Morgan fingerprint density at radius 2 is 1.95 bits per heavy atom. The maximum absolute atomic E-state index is 13.6. The summed E-state index contributed by atoms with van der Waals surface area (Å²) in [6.45, 7) is 1.62. The average molecular weight is 298 g/mol. The molecule has 0 saturated heterocycles. The van der Waals surface area contributed by atoms with Gasteiger partial charge in [-0.2, -0.15) is 0 Å². The zero-order valence-corrected chi connectivity index (χ0v) is 11.1. The summed E-state index contributed by atoms with van der Waals surface area (Å²) in [6.07, 6.45) is 0. The summed E-state index contributed by atoms with van der Waals surface area (Å²) in [5, 5.41) is 11.3. The van der Waals surface area contributed by atoms with Gasteiger partial charge in [0.1, 0.15) is 11.6 Å². The van der Waals surface area contributed by atoms with Gasteiger partial charge in [-0.3, -0.25) is 4.79 Å². The minimum absolute atomic E-state index is 0.0186. The lowest BCUT2D eigenvalue weighted by atomic mass is 10.1. The van der Waals surface area contributed by atoms with E-state index in [0.717, 1.165) is 6.07 Å². The van der Waals surface area contributed by atoms with Crippen LogP contribution in [-0.2, 0) is 0 Å². The van der Waals surface area contributed by atoms with E-state index in [9.17, 15) is 18.7 Å². The van der Waals surface area contributed by atoms with Gasteiger partial charge < -0.3 is 10.4 Å². The molecule has 2 N–H and O–H groups in total. The van der Waals surface area contributed by atoms with Crippen molar-refractivity contribution in [1.82, 2.24) is 0 Å². The first-order chi connectivity index (χ1) is 9.38. The predicted molar refractivity (Wildman–Crippen MR) is 72.2 cm³/mol. The van der Waals surface area contributed by atoms with E-state index in [4.69, 9.17) is 11.6 Å². The first-order valence-electron chi connectivity index (χ1n) is 5.64. The fraction of sp³-hybridized carbons (Fsp3) is 0.0714. The molecule has 0 spiro atoms. The molecule has 2 rings (SSSR count). The number of rotatable bonds is 2. The number of hydrogen-bond donors (Lipinski definition) is 2. The number of aromatic hydroxyl groups is 1. The first kappa shape index (κ1) is 14.3. The molecule has 3 nitrogen and oxygen atoms in total. The van der Waals surface area contributed by atoms with Gasteiger partial charge in [0.05, 0.1) is 10.7 Å². The predicted octanol–water partition coefficient (Wildman–Crippen LogP) is 3.88. The van der Waals surface area contributed by atoms with Gasteiger partial charge in [0, 0.05) is 11.6 Å². The molecule has 0 atom stereocenters. The zero-order valence-electron chi connectivity index (χ0n) is 10.4. The second-order valence-corrected chi connectivity index (χ2v) is 4.60. The molecule has 2 aromatic carbocycles. The zero-order chi connectivity index (χ0) is 14.9. The Labute approximate surface area is 118 Å². The Morgan fingerprint density at radius 1 is 1.25 bits per heavy atom. The molecule has 0 fully saturated rings. The fourth-order valence-electron chi connectivity index (χ4n) is 1.75. The number of carbonyl (C=O) groups excluding carboxylic acids is 1. The summed E-state index contributed by atoms with van der Waals surface area (Å²) < 4.78 is 26.5. The molecule has 104 valence electrons. The fourth-order valence-corrected chi connectivity index (χ4v) is 1.99. The largest absolute Gasteiger partial charge is 0.508 e. The maximum atomic E-state index is 13.6. The van der Waals surface area contributed by atoms with E-state index in [1.807, 2.05) is 0 Å². The van der Waals surface area contributed by atoms with Crippen LogP contribution in [0.25, 0.3) is 0 Å². The average Bonchev–Trinajstić information content (AvgIpc) is 2.33. The van der Waals surface area contributed by atoms with Crippen molar-refractivity contribution in [3.05, 3.63) is 58.1 Å². The van der Waals surface area contributed by atoms with Crippen LogP contribution in [0.3, 0.4) is 0 Å². The van der Waals surface area contributed by atoms with E-state index in [-0.39, 0.29) is 22.0 Å². The third kappa shape index (κ3) is 2.88. The van der Waals surface area contributed by atoms with Gasteiger partial charge in [-0.05, 0) is 36.8 Å². The molecule has 0 aliphatic heterocycles. The first-order valence-corrected chi connectivity index (χ1v) is 6.02. The second-order valence-electron chi connectivity index (χ2n) is 4.20. The lowest BCUT2D eigenvalue weighted by molar-refractivity contribution is 0.102. The Hall–Kier alpha value is -2.14. The van der Waals surface area contributed by atoms with E-state index < -0.39 is 17.5 Å². The number of benzene rings is 2. The molecule has 0 bridgehead atoms. The van der Waals surface area contributed by atoms with Crippen molar-refractivity contribution in [3.63, 3.8) is 0 Å². The summed E-state index contributed by atoms with van der Waals surface area (Å²) in [7, 11) is 0. The van der Waals surface area contributed by atoms with Gasteiger partial charge in [0.15, 0.2) is 5.82 Å². The number of amides is 1. The summed E-state index contributed by atoms with van der Waals surface area (Å²) >= 11 is 5.70. The molecule has 0 radical (unpaired) electrons. The van der Waals surface area contributed by atoms with Crippen LogP contribution in [0.1, 0.15) is 15.9 Å². The van der Waals surface area contributed by atoms with E-state index in [1.54, 1.807) is 6.92 Å². The van der Waals surface area contributed by atoms with Crippen molar-refractivity contribution in [3.8, 4) is 5.75 Å². The third-order valence-electron chi connectivity index (χ3n) is 2.70. The number of carbonyl (C=O) groups is 1. The lowest BCUT2D eigenvalue weighted by Gasteiger charge is -2.10.